The summed E-state index contributed by atoms with van der Waals surface area (Å²) < 4.78 is 9.01. The molecule has 150 valence electrons. The lowest BCUT2D eigenvalue weighted by molar-refractivity contribution is 0.0997. The number of rotatable bonds is 5. The molecule has 0 bridgehead atoms. The molecule has 5 heteroatoms. The Hall–Kier alpha value is -3.44. The van der Waals surface area contributed by atoms with Crippen LogP contribution in [0.4, 0.5) is 0 Å². The maximum absolute atomic E-state index is 12.9. The van der Waals surface area contributed by atoms with E-state index in [9.17, 15) is 4.79 Å². The summed E-state index contributed by atoms with van der Waals surface area (Å²) in [6, 6.07) is 20.9. The van der Waals surface area contributed by atoms with Gasteiger partial charge < -0.3 is 9.30 Å². The fraction of sp³-hybridized carbons (Fsp3) is 0.120. The van der Waals surface area contributed by atoms with Crippen LogP contribution in [-0.2, 0) is 6.54 Å². The summed E-state index contributed by atoms with van der Waals surface area (Å²) in [5.41, 5.74) is 3.93. The molecular weight excluding hydrogens is 392 g/mol. The minimum absolute atomic E-state index is 0.299. The lowest BCUT2D eigenvalue weighted by Crippen LogP contribution is -2.16. The van der Waals surface area contributed by atoms with Crippen molar-refractivity contribution < 1.29 is 9.53 Å². The molecule has 0 aliphatic heterocycles. The fourth-order valence-electron chi connectivity index (χ4n) is 3.44. The number of thiazole rings is 1. The van der Waals surface area contributed by atoms with Gasteiger partial charge in [-0.1, -0.05) is 47.7 Å². The van der Waals surface area contributed by atoms with E-state index in [4.69, 9.17) is 4.74 Å². The Balaban J connectivity index is 1.73. The molecular formula is C25H22N2O2S. The number of amides is 1. The van der Waals surface area contributed by atoms with Gasteiger partial charge in [-0.05, 0) is 61.4 Å². The highest BCUT2D eigenvalue weighted by atomic mass is 32.1. The number of nitrogens with zero attached hydrogens (tertiary/aromatic N) is 2. The highest BCUT2D eigenvalue weighted by molar-refractivity contribution is 7.16. The largest absolute Gasteiger partial charge is 0.457 e. The van der Waals surface area contributed by atoms with Gasteiger partial charge in [0.25, 0.3) is 5.91 Å². The van der Waals surface area contributed by atoms with Gasteiger partial charge >= 0.3 is 0 Å². The maximum atomic E-state index is 12.9. The average Bonchev–Trinajstić information content (AvgIpc) is 3.06. The summed E-state index contributed by atoms with van der Waals surface area (Å²) >= 11 is 1.52. The Labute approximate surface area is 179 Å². The van der Waals surface area contributed by atoms with Crippen LogP contribution in [-0.4, -0.2) is 10.5 Å². The van der Waals surface area contributed by atoms with Crippen molar-refractivity contribution in [3.05, 3.63) is 101 Å². The Morgan fingerprint density at radius 3 is 2.60 bits per heavy atom. The Bertz CT molecular complexity index is 1300. The Morgan fingerprint density at radius 1 is 1.07 bits per heavy atom. The van der Waals surface area contributed by atoms with Crippen molar-refractivity contribution in [1.82, 2.24) is 4.57 Å². The summed E-state index contributed by atoms with van der Waals surface area (Å²) in [5, 5.41) is 0. The SMILES string of the molecule is C=CCn1c(=NC(=O)c2cccc(Oc3ccccc3)c2)sc2cc(C)cc(C)c21. The molecule has 3 aromatic carbocycles. The van der Waals surface area contributed by atoms with Gasteiger partial charge in [0, 0.05) is 12.1 Å². The molecule has 4 nitrogen and oxygen atoms in total. The van der Waals surface area contributed by atoms with Crippen LogP contribution < -0.4 is 9.54 Å². The van der Waals surface area contributed by atoms with Crippen molar-refractivity contribution in [2.75, 3.05) is 0 Å². The van der Waals surface area contributed by atoms with Crippen LogP contribution in [0.25, 0.3) is 10.2 Å². The number of hydrogen-bond donors (Lipinski definition) is 0. The molecule has 0 unspecified atom stereocenters. The molecule has 0 atom stereocenters. The summed E-state index contributed by atoms with van der Waals surface area (Å²) in [6.07, 6.45) is 1.82. The molecule has 0 aliphatic rings. The number of carbonyl (C=O) groups excluding carboxylic acids is 1. The molecule has 4 aromatic rings. The highest BCUT2D eigenvalue weighted by Gasteiger charge is 2.12. The fourth-order valence-corrected chi connectivity index (χ4v) is 4.66. The van der Waals surface area contributed by atoms with Gasteiger partial charge in [-0.15, -0.1) is 6.58 Å². The number of hydrogen-bond acceptors (Lipinski definition) is 3. The monoisotopic (exact) mass is 414 g/mol. The normalized spacial score (nSPS) is 11.6. The summed E-state index contributed by atoms with van der Waals surface area (Å²) in [5.74, 6) is 1.02. The summed E-state index contributed by atoms with van der Waals surface area (Å²) in [7, 11) is 0. The summed E-state index contributed by atoms with van der Waals surface area (Å²) in [6.45, 7) is 8.61. The van der Waals surface area contributed by atoms with Crippen LogP contribution in [0.1, 0.15) is 21.5 Å². The number of aryl methyl sites for hydroxylation is 2. The highest BCUT2D eigenvalue weighted by Crippen LogP contribution is 2.24. The van der Waals surface area contributed by atoms with Crippen LogP contribution >= 0.6 is 11.3 Å². The molecule has 0 radical (unpaired) electrons. The second-order valence-electron chi connectivity index (χ2n) is 7.07. The number of allylic oxidation sites excluding steroid dienone is 1. The lowest BCUT2D eigenvalue weighted by atomic mass is 10.1. The minimum Gasteiger partial charge on any atom is -0.457 e. The van der Waals surface area contributed by atoms with Crippen molar-refractivity contribution in [2.45, 2.75) is 20.4 Å². The van der Waals surface area contributed by atoms with Crippen molar-refractivity contribution in [1.29, 1.82) is 0 Å². The average molecular weight is 415 g/mol. The van der Waals surface area contributed by atoms with E-state index in [1.54, 1.807) is 18.2 Å². The van der Waals surface area contributed by atoms with E-state index in [0.29, 0.717) is 22.7 Å². The topological polar surface area (TPSA) is 43.6 Å². The van der Waals surface area contributed by atoms with E-state index in [2.05, 4.69) is 37.6 Å². The molecule has 0 saturated carbocycles. The smallest absolute Gasteiger partial charge is 0.279 e. The molecule has 30 heavy (non-hydrogen) atoms. The van der Waals surface area contributed by atoms with Crippen molar-refractivity contribution >= 4 is 27.5 Å². The number of fused-ring (bicyclic) bond motifs is 1. The maximum Gasteiger partial charge on any atom is 0.279 e. The predicted molar refractivity (Wildman–Crippen MR) is 122 cm³/mol. The second kappa shape index (κ2) is 8.51. The zero-order valence-corrected chi connectivity index (χ0v) is 17.8. The van der Waals surface area contributed by atoms with E-state index in [-0.39, 0.29) is 5.91 Å². The molecule has 4 rings (SSSR count). The van der Waals surface area contributed by atoms with Crippen LogP contribution in [0, 0.1) is 13.8 Å². The third-order valence-corrected chi connectivity index (χ3v) is 5.71. The lowest BCUT2D eigenvalue weighted by Gasteiger charge is -2.06. The Morgan fingerprint density at radius 2 is 1.83 bits per heavy atom. The van der Waals surface area contributed by atoms with E-state index in [1.165, 1.54) is 16.9 Å². The van der Waals surface area contributed by atoms with Crippen LogP contribution in [0.3, 0.4) is 0 Å². The van der Waals surface area contributed by atoms with Gasteiger partial charge in [0.2, 0.25) is 0 Å². The van der Waals surface area contributed by atoms with Gasteiger partial charge in [0.1, 0.15) is 11.5 Å². The van der Waals surface area contributed by atoms with Gasteiger partial charge in [0.05, 0.1) is 10.2 Å². The first-order chi connectivity index (χ1) is 14.5. The molecule has 0 N–H and O–H groups in total. The van der Waals surface area contributed by atoms with Crippen molar-refractivity contribution in [3.8, 4) is 11.5 Å². The first-order valence-electron chi connectivity index (χ1n) is 9.68. The first kappa shape index (κ1) is 19.9. The zero-order chi connectivity index (χ0) is 21.1. The second-order valence-corrected chi connectivity index (χ2v) is 8.08. The Kier molecular flexibility index (Phi) is 5.63. The molecule has 1 aromatic heterocycles. The van der Waals surface area contributed by atoms with Crippen LogP contribution in [0.5, 0.6) is 11.5 Å². The molecule has 0 aliphatic carbocycles. The molecule has 0 spiro atoms. The zero-order valence-electron chi connectivity index (χ0n) is 17.0. The quantitative estimate of drug-likeness (QED) is 0.374. The van der Waals surface area contributed by atoms with E-state index >= 15 is 0 Å². The number of para-hydroxylation sites is 1. The molecule has 0 saturated heterocycles. The van der Waals surface area contributed by atoms with Crippen molar-refractivity contribution in [3.63, 3.8) is 0 Å². The van der Waals surface area contributed by atoms with Crippen LogP contribution in [0.2, 0.25) is 0 Å². The molecule has 0 fully saturated rings. The number of aromatic nitrogens is 1. The minimum atomic E-state index is -0.299. The molecule has 1 heterocycles. The van der Waals surface area contributed by atoms with Gasteiger partial charge in [-0.3, -0.25) is 4.79 Å². The summed E-state index contributed by atoms with van der Waals surface area (Å²) in [4.78, 5) is 18.1. The standard InChI is InChI=1S/C25H22N2O2S/c1-4-13-27-23-18(3)14-17(2)15-22(23)30-25(27)26-24(28)19-9-8-12-21(16-19)29-20-10-6-5-7-11-20/h4-12,14-16H,1,13H2,2-3H3. The van der Waals surface area contributed by atoms with Gasteiger partial charge in [-0.2, -0.15) is 4.99 Å². The van der Waals surface area contributed by atoms with E-state index < -0.39 is 0 Å². The van der Waals surface area contributed by atoms with Crippen molar-refractivity contribution in [2.24, 2.45) is 4.99 Å². The first-order valence-corrected chi connectivity index (χ1v) is 10.5. The predicted octanol–water partition coefficient (Wildman–Crippen LogP) is 6.04. The third kappa shape index (κ3) is 4.11. The van der Waals surface area contributed by atoms with E-state index in [0.717, 1.165) is 21.5 Å². The van der Waals surface area contributed by atoms with E-state index in [1.807, 2.05) is 47.0 Å². The third-order valence-electron chi connectivity index (χ3n) is 4.68. The van der Waals surface area contributed by atoms with Crippen LogP contribution in [0.15, 0.2) is 84.4 Å². The van der Waals surface area contributed by atoms with Gasteiger partial charge in [-0.25, -0.2) is 0 Å². The number of carbonyl (C=O) groups is 1. The van der Waals surface area contributed by atoms with Gasteiger partial charge in [0.15, 0.2) is 4.80 Å². The molecule has 1 amide bonds. The number of ether oxygens (including phenoxy) is 1. The number of benzene rings is 3.